The van der Waals surface area contributed by atoms with Gasteiger partial charge in [-0.1, -0.05) is 35.0 Å². The molecule has 0 saturated carbocycles. The van der Waals surface area contributed by atoms with E-state index in [2.05, 4.69) is 15.6 Å². The Labute approximate surface area is 166 Å². The van der Waals surface area contributed by atoms with Crippen LogP contribution in [-0.4, -0.2) is 27.4 Å². The van der Waals surface area contributed by atoms with Crippen LogP contribution in [0.3, 0.4) is 0 Å². The summed E-state index contributed by atoms with van der Waals surface area (Å²) >= 11 is 6.23. The molecule has 1 aromatic carbocycles. The summed E-state index contributed by atoms with van der Waals surface area (Å²) in [5.41, 5.74) is 3.22. The van der Waals surface area contributed by atoms with Crippen molar-refractivity contribution in [3.63, 3.8) is 0 Å². The van der Waals surface area contributed by atoms with Crippen molar-refractivity contribution in [2.24, 2.45) is 0 Å². The zero-order valence-electron chi connectivity index (χ0n) is 15.4. The van der Waals surface area contributed by atoms with Gasteiger partial charge in [-0.25, -0.2) is 4.68 Å². The molecule has 28 heavy (non-hydrogen) atoms. The Morgan fingerprint density at radius 3 is 2.96 bits per heavy atom. The molecule has 0 fully saturated rings. The van der Waals surface area contributed by atoms with Gasteiger partial charge in [0.2, 0.25) is 0 Å². The summed E-state index contributed by atoms with van der Waals surface area (Å²) in [5, 5.41) is 11.7. The van der Waals surface area contributed by atoms with E-state index >= 15 is 0 Å². The second kappa shape index (κ2) is 7.59. The van der Waals surface area contributed by atoms with Crippen LogP contribution in [0.15, 0.2) is 39.6 Å². The van der Waals surface area contributed by atoms with Crippen LogP contribution in [0.2, 0.25) is 5.02 Å². The van der Waals surface area contributed by atoms with Gasteiger partial charge in [0.15, 0.2) is 0 Å². The predicted octanol–water partition coefficient (Wildman–Crippen LogP) is 2.78. The zero-order valence-corrected chi connectivity index (χ0v) is 16.1. The first-order chi connectivity index (χ1) is 13.5. The lowest BCUT2D eigenvalue weighted by atomic mass is 10.1. The standard InChI is InChI=1S/C20H19ClN4O3/c1-12-18(19(24-28-12)14-6-2-3-7-15(14)21)20(27)22-9-10-25-17(26)11-13-5-4-8-16(13)23-25/h2-3,6-7,11H,4-5,8-10H2,1H3,(H,22,27). The van der Waals surface area contributed by atoms with E-state index in [0.29, 0.717) is 34.1 Å². The molecule has 1 amide bonds. The average molecular weight is 399 g/mol. The topological polar surface area (TPSA) is 90.0 Å². The van der Waals surface area contributed by atoms with Gasteiger partial charge >= 0.3 is 0 Å². The summed E-state index contributed by atoms with van der Waals surface area (Å²) in [6, 6.07) is 8.79. The molecule has 0 spiro atoms. The number of nitrogens with one attached hydrogen (secondary N) is 1. The van der Waals surface area contributed by atoms with Crippen molar-refractivity contribution >= 4 is 17.5 Å². The van der Waals surface area contributed by atoms with Crippen molar-refractivity contribution in [1.29, 1.82) is 0 Å². The summed E-state index contributed by atoms with van der Waals surface area (Å²) in [7, 11) is 0. The van der Waals surface area contributed by atoms with Crippen molar-refractivity contribution in [2.45, 2.75) is 32.7 Å². The number of aryl methyl sites for hydroxylation is 3. The summed E-state index contributed by atoms with van der Waals surface area (Å²) in [5.74, 6) is 0.0723. The third-order valence-electron chi connectivity index (χ3n) is 4.85. The van der Waals surface area contributed by atoms with E-state index in [9.17, 15) is 9.59 Å². The molecule has 0 unspecified atom stereocenters. The lowest BCUT2D eigenvalue weighted by molar-refractivity contribution is 0.0950. The van der Waals surface area contributed by atoms with Crippen molar-refractivity contribution in [3.05, 3.63) is 68.3 Å². The monoisotopic (exact) mass is 398 g/mol. The Balaban J connectivity index is 1.49. The molecule has 7 nitrogen and oxygen atoms in total. The summed E-state index contributed by atoms with van der Waals surface area (Å²) in [6.07, 6.45) is 2.83. The van der Waals surface area contributed by atoms with Gasteiger partial charge in [0.05, 0.1) is 17.3 Å². The van der Waals surface area contributed by atoms with E-state index in [1.165, 1.54) is 4.68 Å². The summed E-state index contributed by atoms with van der Waals surface area (Å²) < 4.78 is 6.63. The molecule has 1 aliphatic carbocycles. The molecule has 4 rings (SSSR count). The second-order valence-electron chi connectivity index (χ2n) is 6.73. The highest BCUT2D eigenvalue weighted by Gasteiger charge is 2.23. The fraction of sp³-hybridized carbons (Fsp3) is 0.300. The lowest BCUT2D eigenvalue weighted by Gasteiger charge is -2.09. The maximum absolute atomic E-state index is 12.7. The van der Waals surface area contributed by atoms with Gasteiger partial charge in [-0.2, -0.15) is 5.10 Å². The molecule has 1 N–H and O–H groups in total. The lowest BCUT2D eigenvalue weighted by Crippen LogP contribution is -2.32. The van der Waals surface area contributed by atoms with Gasteiger partial charge in [0.25, 0.3) is 11.5 Å². The number of nitrogens with zero attached hydrogens (tertiary/aromatic N) is 3. The van der Waals surface area contributed by atoms with E-state index in [4.69, 9.17) is 16.1 Å². The van der Waals surface area contributed by atoms with Crippen LogP contribution in [0, 0.1) is 6.92 Å². The molecule has 1 aliphatic rings. The highest BCUT2D eigenvalue weighted by molar-refractivity contribution is 6.33. The van der Waals surface area contributed by atoms with Crippen LogP contribution in [0.25, 0.3) is 11.3 Å². The number of benzene rings is 1. The van der Waals surface area contributed by atoms with Crippen molar-refractivity contribution in [3.8, 4) is 11.3 Å². The van der Waals surface area contributed by atoms with Gasteiger partial charge in [-0.3, -0.25) is 9.59 Å². The molecular weight excluding hydrogens is 380 g/mol. The number of amides is 1. The van der Waals surface area contributed by atoms with Gasteiger partial charge in [-0.15, -0.1) is 0 Å². The first-order valence-corrected chi connectivity index (χ1v) is 9.51. The SMILES string of the molecule is Cc1onc(-c2ccccc2Cl)c1C(=O)NCCn1nc2c(cc1=O)CCC2. The fourth-order valence-corrected chi connectivity index (χ4v) is 3.67. The fourth-order valence-electron chi connectivity index (χ4n) is 3.44. The van der Waals surface area contributed by atoms with Gasteiger partial charge in [0.1, 0.15) is 17.0 Å². The van der Waals surface area contributed by atoms with E-state index < -0.39 is 0 Å². The maximum atomic E-state index is 12.7. The molecule has 8 heteroatoms. The minimum atomic E-state index is -0.331. The maximum Gasteiger partial charge on any atom is 0.267 e. The molecule has 144 valence electrons. The summed E-state index contributed by atoms with van der Waals surface area (Å²) in [4.78, 5) is 24.9. The number of carbonyl (C=O) groups is 1. The number of carbonyl (C=O) groups excluding carboxylic acids is 1. The Morgan fingerprint density at radius 1 is 1.32 bits per heavy atom. The second-order valence-corrected chi connectivity index (χ2v) is 7.14. The van der Waals surface area contributed by atoms with Gasteiger partial charge < -0.3 is 9.84 Å². The van der Waals surface area contributed by atoms with Crippen LogP contribution in [-0.2, 0) is 19.4 Å². The number of aromatic nitrogens is 3. The molecule has 3 aromatic rings. The first kappa shape index (κ1) is 18.4. The van der Waals surface area contributed by atoms with E-state index in [1.807, 2.05) is 6.07 Å². The average Bonchev–Trinajstić information content (AvgIpc) is 3.28. The van der Waals surface area contributed by atoms with Gasteiger partial charge in [-0.05, 0) is 37.8 Å². The van der Waals surface area contributed by atoms with Crippen molar-refractivity contribution < 1.29 is 9.32 Å². The molecule has 0 atom stereocenters. The quantitative estimate of drug-likeness (QED) is 0.713. The number of hydrogen-bond acceptors (Lipinski definition) is 5. The third-order valence-corrected chi connectivity index (χ3v) is 5.18. The molecule has 0 aliphatic heterocycles. The summed E-state index contributed by atoms with van der Waals surface area (Å²) in [6.45, 7) is 2.23. The molecule has 0 bridgehead atoms. The predicted molar refractivity (Wildman–Crippen MR) is 105 cm³/mol. The zero-order chi connectivity index (χ0) is 19.7. The van der Waals surface area contributed by atoms with E-state index in [1.54, 1.807) is 31.2 Å². The molecule has 2 aromatic heterocycles. The van der Waals surface area contributed by atoms with Crippen LogP contribution in [0.1, 0.15) is 33.8 Å². The van der Waals surface area contributed by atoms with Gasteiger partial charge in [0, 0.05) is 18.2 Å². The first-order valence-electron chi connectivity index (χ1n) is 9.14. The van der Waals surface area contributed by atoms with Crippen molar-refractivity contribution in [2.75, 3.05) is 6.54 Å². The van der Waals surface area contributed by atoms with Crippen LogP contribution >= 0.6 is 11.6 Å². The normalized spacial score (nSPS) is 12.8. The number of rotatable bonds is 5. The minimum absolute atomic E-state index is 0.146. The van der Waals surface area contributed by atoms with Crippen LogP contribution < -0.4 is 10.9 Å². The molecule has 2 heterocycles. The Kier molecular flexibility index (Phi) is 5.00. The number of hydrogen-bond donors (Lipinski definition) is 1. The van der Waals surface area contributed by atoms with E-state index in [-0.39, 0.29) is 18.0 Å². The highest BCUT2D eigenvalue weighted by atomic mass is 35.5. The smallest absolute Gasteiger partial charge is 0.267 e. The Bertz CT molecular complexity index is 1100. The molecule has 0 saturated heterocycles. The van der Waals surface area contributed by atoms with E-state index in [0.717, 1.165) is 30.5 Å². The number of halogens is 1. The highest BCUT2D eigenvalue weighted by Crippen LogP contribution is 2.30. The minimum Gasteiger partial charge on any atom is -0.360 e. The Hall–Kier alpha value is -2.93. The number of fused-ring (bicyclic) bond motifs is 1. The van der Waals surface area contributed by atoms with Crippen LogP contribution in [0.5, 0.6) is 0 Å². The molecular formula is C20H19ClN4O3. The third kappa shape index (κ3) is 3.45. The Morgan fingerprint density at radius 2 is 2.14 bits per heavy atom. The van der Waals surface area contributed by atoms with Crippen LogP contribution in [0.4, 0.5) is 0 Å². The molecule has 0 radical (unpaired) electrons. The van der Waals surface area contributed by atoms with Crippen molar-refractivity contribution in [1.82, 2.24) is 20.3 Å². The largest absolute Gasteiger partial charge is 0.360 e.